The van der Waals surface area contributed by atoms with Crippen molar-refractivity contribution in [3.8, 4) is 0 Å². The van der Waals surface area contributed by atoms with Crippen LogP contribution >= 0.6 is 0 Å². The molecule has 21 nitrogen and oxygen atoms in total. The highest BCUT2D eigenvalue weighted by atomic mass is 16.8. The van der Waals surface area contributed by atoms with Crippen molar-refractivity contribution in [2.24, 2.45) is 0 Å². The van der Waals surface area contributed by atoms with E-state index in [-0.39, 0.29) is 25.4 Å². The molecule has 526 valence electrons. The first-order valence-corrected chi connectivity index (χ1v) is 35.6. The van der Waals surface area contributed by atoms with Crippen molar-refractivity contribution in [1.29, 1.82) is 0 Å². The van der Waals surface area contributed by atoms with Crippen LogP contribution in [0.2, 0.25) is 0 Å². The van der Waals surface area contributed by atoms with Gasteiger partial charge in [-0.05, 0) is 71.4 Å². The lowest BCUT2D eigenvalue weighted by Crippen LogP contribution is -2.67. The Bertz CT molecular complexity index is 2260. The van der Waals surface area contributed by atoms with Gasteiger partial charge in [0.25, 0.3) is 0 Å². The maximum Gasteiger partial charge on any atom is 0.331 e. The van der Waals surface area contributed by atoms with Gasteiger partial charge in [0.15, 0.2) is 49.6 Å². The van der Waals surface area contributed by atoms with Gasteiger partial charge in [-0.25, -0.2) is 4.79 Å². The summed E-state index contributed by atoms with van der Waals surface area (Å²) in [4.78, 5) is 55.1. The number of hydrogen-bond donors (Lipinski definition) is 5. The summed E-state index contributed by atoms with van der Waals surface area (Å²) in [6.45, 7) is 12.8. The highest BCUT2D eigenvalue weighted by Gasteiger charge is 2.57. The van der Waals surface area contributed by atoms with Crippen LogP contribution in [0, 0.1) is 0 Å². The molecule has 5 fully saturated rings. The molecule has 0 aliphatic carbocycles. The van der Waals surface area contributed by atoms with Crippen molar-refractivity contribution in [3.05, 3.63) is 42.0 Å². The fourth-order valence-electron chi connectivity index (χ4n) is 12.9. The molecule has 21 atom stereocenters. The van der Waals surface area contributed by atoms with E-state index in [0.29, 0.717) is 24.8 Å². The summed E-state index contributed by atoms with van der Waals surface area (Å²) < 4.78 is 76.0. The van der Waals surface area contributed by atoms with Gasteiger partial charge < -0.3 is 82.4 Å². The molecule has 0 saturated carbocycles. The minimum atomic E-state index is -1.82. The molecule has 1 aromatic rings. The van der Waals surface area contributed by atoms with E-state index < -0.39 is 147 Å². The Balaban J connectivity index is 1.26. The van der Waals surface area contributed by atoms with Crippen LogP contribution in [0.5, 0.6) is 0 Å². The first-order chi connectivity index (χ1) is 44.4. The Morgan fingerprint density at radius 1 is 0.467 bits per heavy atom. The van der Waals surface area contributed by atoms with Gasteiger partial charge in [0, 0.05) is 25.3 Å². The number of unbranched alkanes of at least 4 members (excludes halogenated alkanes) is 16. The number of carbonyl (C=O) groups is 4. The van der Waals surface area contributed by atoms with E-state index in [2.05, 4.69) is 20.8 Å². The van der Waals surface area contributed by atoms with E-state index in [1.54, 1.807) is 52.0 Å². The van der Waals surface area contributed by atoms with E-state index in [4.69, 9.17) is 56.8 Å². The minimum absolute atomic E-state index is 0.0115. The van der Waals surface area contributed by atoms with Gasteiger partial charge in [-0.2, -0.15) is 0 Å². The monoisotopic (exact) mass is 1300 g/mol. The van der Waals surface area contributed by atoms with Crippen LogP contribution in [0.15, 0.2) is 36.4 Å². The third-order valence-electron chi connectivity index (χ3n) is 18.5. The summed E-state index contributed by atoms with van der Waals surface area (Å²) in [6, 6.07) is 9.01. The minimum Gasteiger partial charge on any atom is -0.457 e. The second-order valence-electron chi connectivity index (χ2n) is 26.3. The lowest BCUT2D eigenvalue weighted by molar-refractivity contribution is -0.387. The maximum atomic E-state index is 14.0. The second-order valence-corrected chi connectivity index (χ2v) is 26.3. The van der Waals surface area contributed by atoms with Crippen molar-refractivity contribution in [2.75, 3.05) is 0 Å². The highest BCUT2D eigenvalue weighted by molar-refractivity contribution is 5.87. The number of aliphatic hydroxyl groups is 5. The number of benzene rings is 1. The van der Waals surface area contributed by atoms with Crippen LogP contribution in [0.4, 0.5) is 0 Å². The molecule has 6 rings (SSSR count). The smallest absolute Gasteiger partial charge is 0.331 e. The van der Waals surface area contributed by atoms with Gasteiger partial charge in [-0.15, -0.1) is 0 Å². The summed E-state index contributed by atoms with van der Waals surface area (Å²) in [5.41, 5.74) is 0.693. The van der Waals surface area contributed by atoms with Crippen molar-refractivity contribution in [1.82, 2.24) is 0 Å². The first-order valence-electron chi connectivity index (χ1n) is 35.6. The summed E-state index contributed by atoms with van der Waals surface area (Å²) >= 11 is 0. The number of hydrogen-bond acceptors (Lipinski definition) is 21. The average Bonchev–Trinajstić information content (AvgIpc) is 0.818. The van der Waals surface area contributed by atoms with Crippen LogP contribution in [0.1, 0.15) is 253 Å². The Morgan fingerprint density at radius 2 is 0.957 bits per heavy atom. The Kier molecular flexibility index (Phi) is 35.4. The number of esters is 4. The molecule has 5 saturated heterocycles. The van der Waals surface area contributed by atoms with Gasteiger partial charge >= 0.3 is 23.9 Å². The molecule has 2 bridgehead atoms. The van der Waals surface area contributed by atoms with Crippen molar-refractivity contribution >= 4 is 30.0 Å². The molecule has 0 unspecified atom stereocenters. The molecular weight excluding hydrogens is 1190 g/mol. The molecule has 1 aromatic carbocycles. The lowest BCUT2D eigenvalue weighted by Gasteiger charge is -2.49. The highest BCUT2D eigenvalue weighted by Crippen LogP contribution is 2.38. The summed E-state index contributed by atoms with van der Waals surface area (Å²) in [5.74, 6) is -2.78. The molecule has 5 N–H and O–H groups in total. The van der Waals surface area contributed by atoms with Crippen molar-refractivity contribution in [2.45, 2.75) is 376 Å². The van der Waals surface area contributed by atoms with Crippen LogP contribution in [0.25, 0.3) is 6.08 Å². The van der Waals surface area contributed by atoms with Crippen LogP contribution in [-0.4, -0.2) is 178 Å². The van der Waals surface area contributed by atoms with Crippen LogP contribution in [-0.2, 0) is 76.0 Å². The Labute approximate surface area is 547 Å². The van der Waals surface area contributed by atoms with Gasteiger partial charge in [0.1, 0.15) is 48.8 Å². The maximum absolute atomic E-state index is 14.0. The van der Waals surface area contributed by atoms with Crippen LogP contribution < -0.4 is 0 Å². The zero-order chi connectivity index (χ0) is 66.4. The van der Waals surface area contributed by atoms with E-state index in [1.165, 1.54) is 37.8 Å². The van der Waals surface area contributed by atoms with Crippen molar-refractivity contribution in [3.63, 3.8) is 0 Å². The van der Waals surface area contributed by atoms with Gasteiger partial charge in [-0.3, -0.25) is 14.4 Å². The summed E-state index contributed by atoms with van der Waals surface area (Å²) in [7, 11) is 0. The molecular formula is C71H116O21. The molecule has 0 spiro atoms. The predicted octanol–water partition coefficient (Wildman–Crippen LogP) is 10.8. The molecule has 21 heteroatoms. The van der Waals surface area contributed by atoms with Crippen LogP contribution in [0.3, 0.4) is 0 Å². The summed E-state index contributed by atoms with van der Waals surface area (Å²) in [6.07, 6.45) is -0.0253. The number of aliphatic hydroxyl groups excluding tert-OH is 5. The number of carbonyl (C=O) groups excluding carboxylic acids is 4. The zero-order valence-corrected chi connectivity index (χ0v) is 56.4. The van der Waals surface area contributed by atoms with Crippen molar-refractivity contribution < 1.29 is 102 Å². The fourth-order valence-corrected chi connectivity index (χ4v) is 12.9. The van der Waals surface area contributed by atoms with Gasteiger partial charge in [0.2, 0.25) is 0 Å². The SMILES string of the molecule is CCCCCCCCCCCC(=O)O[C@@H]1[C@@H](O)[C@@H](OC(=O)C=Cc2ccccc2)[C@H](O[C@@H]2[C@@H](O)[C@@H](OC(=O)CCCCCCCCC)[C@H](O[C@@H]3[C@H]4OC(=O)CCCCCCCCC[C@H](CCCCC)O[C@@H]5O[C@H](C)[C@H](O)[C@H](O)[C@H]5O[C@H](O[C@H]3C)[C@@H]4O)O[C@H]2C)O[C@H]1C. The summed E-state index contributed by atoms with van der Waals surface area (Å²) in [5, 5.41) is 60.1. The van der Waals surface area contributed by atoms with E-state index in [0.717, 1.165) is 135 Å². The molecule has 0 radical (unpaired) electrons. The number of ether oxygens (including phenoxy) is 12. The van der Waals surface area contributed by atoms with E-state index >= 15 is 0 Å². The number of rotatable bonds is 31. The topological polar surface area (TPSA) is 280 Å². The lowest BCUT2D eigenvalue weighted by atomic mass is 9.95. The molecule has 5 aliphatic rings. The molecule has 0 aromatic heterocycles. The molecule has 92 heavy (non-hydrogen) atoms. The van der Waals surface area contributed by atoms with E-state index in [9.17, 15) is 44.7 Å². The van der Waals surface area contributed by atoms with E-state index in [1.807, 2.05) is 6.07 Å². The first kappa shape index (κ1) is 77.3. The zero-order valence-electron chi connectivity index (χ0n) is 56.4. The molecule has 5 heterocycles. The molecule has 5 aliphatic heterocycles. The molecule has 0 amide bonds. The predicted molar refractivity (Wildman–Crippen MR) is 342 cm³/mol. The fraction of sp³-hybridized carbons (Fsp3) is 0.831. The quantitative estimate of drug-likeness (QED) is 0.0200. The van der Waals surface area contributed by atoms with Gasteiger partial charge in [-0.1, -0.05) is 199 Å². The third kappa shape index (κ3) is 25.1. The van der Waals surface area contributed by atoms with Gasteiger partial charge in [0.05, 0.1) is 30.5 Å². The standard InChI is InChI=1S/C71H116O21/c1-8-11-14-16-18-19-23-27-34-41-52(72)86-61-47(5)83-70(66(58(61)78)89-55(75)45-44-50-37-31-29-32-38-50)90-62-48(6)84-71(67(59(62)79)88-54(74)43-36-26-21-17-15-12-9-2)91-63-49(7)82-68-60(80)64(63)87-53(73)42-35-28-24-20-22-25-33-40-51(39-30-13-10-3)85-69-65(92-68)57(77)56(76)46(4)81-69/h29,31-32,37-38,44-49,51,56-71,76-80H,8-28,30,33-36,39-43H2,1-7H3/t46-,47+,48+,49+,51+,56+,57+,58-,59-,60-,61+,62+,63+,64+,65-,66-,67-,68+,69+,70+,71+/m1/s1. The normalized spacial score (nSPS) is 34.6. The Morgan fingerprint density at radius 3 is 1.57 bits per heavy atom. The third-order valence-corrected chi connectivity index (χ3v) is 18.5. The Hall–Kier alpha value is -3.68. The second kappa shape index (κ2) is 42.1. The largest absolute Gasteiger partial charge is 0.457 e. The average molecular weight is 1310 g/mol. The number of fused-ring (bicyclic) bond motifs is 3.